The van der Waals surface area contributed by atoms with Crippen molar-refractivity contribution in [2.45, 2.75) is 25.8 Å². The van der Waals surface area contributed by atoms with E-state index in [2.05, 4.69) is 15.1 Å². The van der Waals surface area contributed by atoms with Crippen LogP contribution in [0.25, 0.3) is 17.1 Å². The molecular formula is C32H33N7O4. The predicted octanol–water partition coefficient (Wildman–Crippen LogP) is 4.57. The predicted molar refractivity (Wildman–Crippen MR) is 159 cm³/mol. The average molecular weight is 580 g/mol. The Labute approximate surface area is 249 Å². The molecule has 0 saturated heterocycles. The zero-order valence-electron chi connectivity index (χ0n) is 23.8. The molecule has 2 aromatic carbocycles. The molecule has 11 nitrogen and oxygen atoms in total. The van der Waals surface area contributed by atoms with Crippen molar-refractivity contribution in [3.63, 3.8) is 0 Å². The number of carbonyl (C=O) groups is 2. The van der Waals surface area contributed by atoms with Crippen molar-refractivity contribution in [1.82, 2.24) is 34.1 Å². The van der Waals surface area contributed by atoms with E-state index in [1.54, 1.807) is 22.0 Å². The summed E-state index contributed by atoms with van der Waals surface area (Å²) in [5, 5.41) is 4.26. The molecule has 0 atom stereocenters. The van der Waals surface area contributed by atoms with Gasteiger partial charge in [-0.15, -0.1) is 0 Å². The van der Waals surface area contributed by atoms with E-state index in [1.807, 2.05) is 76.5 Å². The molecule has 0 unspecified atom stereocenters. The minimum atomic E-state index is -0.186. The number of fused-ring (bicyclic) bond motifs is 4. The van der Waals surface area contributed by atoms with Gasteiger partial charge in [0, 0.05) is 68.6 Å². The summed E-state index contributed by atoms with van der Waals surface area (Å²) in [5.74, 6) is 1.33. The van der Waals surface area contributed by atoms with Crippen LogP contribution in [0.15, 0.2) is 96.5 Å². The number of ether oxygens (including phenoxy) is 1. The van der Waals surface area contributed by atoms with Crippen molar-refractivity contribution in [3.05, 3.63) is 103 Å². The smallest absolute Gasteiger partial charge is 0.275 e. The second-order valence-electron chi connectivity index (χ2n) is 10.3. The molecule has 1 aliphatic rings. The van der Waals surface area contributed by atoms with Crippen LogP contribution in [0, 0.1) is 0 Å². The molecule has 2 bridgehead atoms. The van der Waals surface area contributed by atoms with Crippen LogP contribution in [-0.4, -0.2) is 78.7 Å². The van der Waals surface area contributed by atoms with Gasteiger partial charge >= 0.3 is 0 Å². The first-order chi connectivity index (χ1) is 21.2. The van der Waals surface area contributed by atoms with E-state index in [1.165, 1.54) is 12.7 Å². The van der Waals surface area contributed by atoms with Gasteiger partial charge in [-0.25, -0.2) is 14.6 Å². The molecule has 220 valence electrons. The Morgan fingerprint density at radius 3 is 2.35 bits per heavy atom. The molecule has 3 aromatic heterocycles. The summed E-state index contributed by atoms with van der Waals surface area (Å²) in [6.07, 6.45) is 12.0. The van der Waals surface area contributed by atoms with Crippen molar-refractivity contribution in [3.8, 4) is 22.8 Å². The third-order valence-corrected chi connectivity index (χ3v) is 7.47. The standard InChI is InChI=1S/C32H33N7O4/c40-31(25-8-10-27(11-9-25)39-17-4-12-35-39)37-14-1-2-15-38(32(41)29-23-42-24-34-29)20-19-36-18-13-33-30(36)26-6-3-7-28(22-26)43-21-5-16-37/h3-4,6-13,17-18,22-24H,1-2,5,14-16,19-21H2. The lowest BCUT2D eigenvalue weighted by atomic mass is 10.1. The van der Waals surface area contributed by atoms with Crippen LogP contribution in [0.4, 0.5) is 0 Å². The van der Waals surface area contributed by atoms with Crippen molar-refractivity contribution >= 4 is 11.8 Å². The highest BCUT2D eigenvalue weighted by Crippen LogP contribution is 2.23. The Bertz CT molecular complexity index is 1630. The zero-order chi connectivity index (χ0) is 29.4. The molecule has 0 aliphatic carbocycles. The molecule has 0 saturated carbocycles. The monoisotopic (exact) mass is 579 g/mol. The lowest BCUT2D eigenvalue weighted by Gasteiger charge is -2.25. The molecule has 0 N–H and O–H groups in total. The molecule has 2 amide bonds. The van der Waals surface area contributed by atoms with Crippen LogP contribution < -0.4 is 4.74 Å². The summed E-state index contributed by atoms with van der Waals surface area (Å²) in [6.45, 7) is 3.13. The van der Waals surface area contributed by atoms with Crippen LogP contribution in [0.2, 0.25) is 0 Å². The normalized spacial score (nSPS) is 14.9. The first-order valence-electron chi connectivity index (χ1n) is 14.5. The van der Waals surface area contributed by atoms with Gasteiger partial charge in [0.1, 0.15) is 17.8 Å². The summed E-state index contributed by atoms with van der Waals surface area (Å²) >= 11 is 0. The number of oxazole rings is 1. The molecule has 6 rings (SSSR count). The second kappa shape index (κ2) is 13.2. The Morgan fingerprint density at radius 1 is 0.767 bits per heavy atom. The fourth-order valence-corrected chi connectivity index (χ4v) is 5.22. The number of nitrogens with zero attached hydrogens (tertiary/aromatic N) is 7. The summed E-state index contributed by atoms with van der Waals surface area (Å²) in [7, 11) is 0. The summed E-state index contributed by atoms with van der Waals surface area (Å²) < 4.78 is 15.0. The van der Waals surface area contributed by atoms with E-state index in [-0.39, 0.29) is 17.5 Å². The number of rotatable bonds is 3. The van der Waals surface area contributed by atoms with Crippen molar-refractivity contribution in [1.29, 1.82) is 0 Å². The fourth-order valence-electron chi connectivity index (χ4n) is 5.22. The topological polar surface area (TPSA) is 112 Å². The Morgan fingerprint density at radius 2 is 1.58 bits per heavy atom. The van der Waals surface area contributed by atoms with Crippen LogP contribution in [0.5, 0.6) is 5.75 Å². The van der Waals surface area contributed by atoms with E-state index in [9.17, 15) is 9.59 Å². The molecule has 0 radical (unpaired) electrons. The largest absolute Gasteiger partial charge is 0.494 e. The molecule has 0 fully saturated rings. The first-order valence-corrected chi connectivity index (χ1v) is 14.5. The highest BCUT2D eigenvalue weighted by Gasteiger charge is 2.20. The van der Waals surface area contributed by atoms with E-state index in [4.69, 9.17) is 9.15 Å². The summed E-state index contributed by atoms with van der Waals surface area (Å²) in [6, 6.07) is 17.2. The maximum Gasteiger partial charge on any atom is 0.275 e. The van der Waals surface area contributed by atoms with Gasteiger partial charge in [-0.1, -0.05) is 12.1 Å². The lowest BCUT2D eigenvalue weighted by molar-refractivity contribution is 0.0711. The number of benzene rings is 2. The SMILES string of the molecule is O=C(c1ccc(-n2cccn2)cc1)N1CCCCN(C(=O)c2cocn2)CCn2ccnc2-c2cccc(c2)OCCC1. The van der Waals surface area contributed by atoms with Crippen LogP contribution >= 0.6 is 0 Å². The van der Waals surface area contributed by atoms with Crippen LogP contribution in [0.1, 0.15) is 40.1 Å². The summed E-state index contributed by atoms with van der Waals surface area (Å²) in [5.41, 5.74) is 2.71. The Balaban J connectivity index is 1.21. The van der Waals surface area contributed by atoms with Gasteiger partial charge in [0.25, 0.3) is 11.8 Å². The lowest BCUT2D eigenvalue weighted by Crippen LogP contribution is -2.36. The van der Waals surface area contributed by atoms with Crippen LogP contribution in [-0.2, 0) is 6.54 Å². The molecular weight excluding hydrogens is 546 g/mol. The van der Waals surface area contributed by atoms with Crippen LogP contribution in [0.3, 0.4) is 0 Å². The van der Waals surface area contributed by atoms with Gasteiger partial charge in [-0.3, -0.25) is 9.59 Å². The number of imidazole rings is 1. The Hall–Kier alpha value is -5.19. The van der Waals surface area contributed by atoms with Crippen molar-refractivity contribution < 1.29 is 18.7 Å². The maximum absolute atomic E-state index is 13.6. The highest BCUT2D eigenvalue weighted by molar-refractivity contribution is 5.94. The maximum atomic E-state index is 13.6. The quantitative estimate of drug-likeness (QED) is 0.308. The van der Waals surface area contributed by atoms with E-state index < -0.39 is 0 Å². The van der Waals surface area contributed by atoms with Gasteiger partial charge in [-0.05, 0) is 61.7 Å². The van der Waals surface area contributed by atoms with Gasteiger partial charge in [0.15, 0.2) is 12.1 Å². The Kier molecular flexibility index (Phi) is 8.58. The third-order valence-electron chi connectivity index (χ3n) is 7.47. The minimum Gasteiger partial charge on any atom is -0.494 e. The number of amides is 2. The van der Waals surface area contributed by atoms with Gasteiger partial charge in [-0.2, -0.15) is 5.10 Å². The molecule has 0 spiro atoms. The van der Waals surface area contributed by atoms with Crippen molar-refractivity contribution in [2.75, 3.05) is 32.8 Å². The number of hydrogen-bond acceptors (Lipinski definition) is 7. The number of hydrogen-bond donors (Lipinski definition) is 0. The first kappa shape index (κ1) is 28.0. The van der Waals surface area contributed by atoms with E-state index in [0.29, 0.717) is 51.3 Å². The number of carbonyl (C=O) groups excluding carboxylic acids is 2. The molecule has 5 aromatic rings. The van der Waals surface area contributed by atoms with E-state index >= 15 is 0 Å². The van der Waals surface area contributed by atoms with Crippen molar-refractivity contribution in [2.24, 2.45) is 0 Å². The highest BCUT2D eigenvalue weighted by atomic mass is 16.5. The average Bonchev–Trinajstić information content (AvgIpc) is 3.84. The van der Waals surface area contributed by atoms with Gasteiger partial charge in [0.2, 0.25) is 0 Å². The fraction of sp³-hybridized carbons (Fsp3) is 0.281. The van der Waals surface area contributed by atoms with Gasteiger partial charge in [0.05, 0.1) is 12.3 Å². The molecule has 11 heteroatoms. The molecule has 43 heavy (non-hydrogen) atoms. The number of aromatic nitrogens is 5. The van der Waals surface area contributed by atoms with E-state index in [0.717, 1.165) is 35.7 Å². The second-order valence-corrected chi connectivity index (χ2v) is 10.3. The molecule has 4 heterocycles. The summed E-state index contributed by atoms with van der Waals surface area (Å²) in [4.78, 5) is 39.2. The third kappa shape index (κ3) is 6.66. The molecule has 1 aliphatic heterocycles. The van der Waals surface area contributed by atoms with Gasteiger partial charge < -0.3 is 23.5 Å². The minimum absolute atomic E-state index is 0.0344. The zero-order valence-corrected chi connectivity index (χ0v) is 23.8.